The second-order valence-corrected chi connectivity index (χ2v) is 5.13. The molecule has 1 aliphatic rings. The highest BCUT2D eigenvalue weighted by Gasteiger charge is 2.21. The third-order valence-corrected chi connectivity index (χ3v) is 3.71. The van der Waals surface area contributed by atoms with Crippen LogP contribution in [0.4, 0.5) is 4.39 Å². The van der Waals surface area contributed by atoms with Crippen LogP contribution in [0.1, 0.15) is 25.7 Å². The fourth-order valence-corrected chi connectivity index (χ4v) is 2.64. The van der Waals surface area contributed by atoms with Crippen molar-refractivity contribution in [1.29, 1.82) is 0 Å². The summed E-state index contributed by atoms with van der Waals surface area (Å²) in [6, 6.07) is 5.82. The summed E-state index contributed by atoms with van der Waals surface area (Å²) in [6.45, 7) is 0. The van der Waals surface area contributed by atoms with E-state index in [0.717, 1.165) is 31.1 Å². The Balaban J connectivity index is 1.88. The van der Waals surface area contributed by atoms with Gasteiger partial charge in [-0.05, 0) is 31.7 Å². The Labute approximate surface area is 111 Å². The maximum atomic E-state index is 13.9. The number of hydrogen-bond donors (Lipinski definition) is 1. The molecule has 1 fully saturated rings. The molecule has 0 saturated heterocycles. The molecule has 1 aliphatic carbocycles. The molecule has 2 aromatic rings. The van der Waals surface area contributed by atoms with Crippen molar-refractivity contribution in [2.45, 2.75) is 37.8 Å². The Morgan fingerprint density at radius 3 is 2.74 bits per heavy atom. The van der Waals surface area contributed by atoms with Crippen molar-refractivity contribution in [2.75, 3.05) is 0 Å². The van der Waals surface area contributed by atoms with Crippen molar-refractivity contribution >= 4 is 10.8 Å². The molecule has 0 unspecified atom stereocenters. The zero-order chi connectivity index (χ0) is 13.2. The lowest BCUT2D eigenvalue weighted by Gasteiger charge is -2.27. The molecule has 100 valence electrons. The van der Waals surface area contributed by atoms with Gasteiger partial charge in [0, 0.05) is 17.6 Å². The maximum absolute atomic E-state index is 13.9. The number of aromatic nitrogens is 1. The van der Waals surface area contributed by atoms with E-state index in [1.165, 1.54) is 6.20 Å². The van der Waals surface area contributed by atoms with E-state index >= 15 is 0 Å². The number of nitrogens with two attached hydrogens (primary N) is 1. The molecule has 3 rings (SSSR count). The molecule has 0 radical (unpaired) electrons. The van der Waals surface area contributed by atoms with Crippen LogP contribution in [0.25, 0.3) is 10.8 Å². The van der Waals surface area contributed by atoms with Crippen molar-refractivity contribution in [3.8, 4) is 5.75 Å². The summed E-state index contributed by atoms with van der Waals surface area (Å²) in [6.07, 6.45) is 6.83. The van der Waals surface area contributed by atoms with E-state index in [1.807, 2.05) is 18.2 Å². The topological polar surface area (TPSA) is 48.1 Å². The Bertz CT molecular complexity index is 574. The second-order valence-electron chi connectivity index (χ2n) is 5.13. The van der Waals surface area contributed by atoms with Crippen LogP contribution in [-0.4, -0.2) is 17.1 Å². The average Bonchev–Trinajstić information content (AvgIpc) is 2.42. The highest BCUT2D eigenvalue weighted by molar-refractivity contribution is 5.88. The van der Waals surface area contributed by atoms with Crippen molar-refractivity contribution in [3.05, 3.63) is 36.4 Å². The summed E-state index contributed by atoms with van der Waals surface area (Å²) in [5.74, 6) is 0.276. The standard InChI is InChI=1S/C15H17FN2O/c16-13-9-18-8-10-2-1-3-14(15(10)13)19-12-6-4-11(17)5-7-12/h1-3,8-9,11-12H,4-7,17H2. The fraction of sp³-hybridized carbons (Fsp3) is 0.400. The van der Waals surface area contributed by atoms with Crippen molar-refractivity contribution in [3.63, 3.8) is 0 Å². The van der Waals surface area contributed by atoms with Crippen LogP contribution in [0.15, 0.2) is 30.6 Å². The van der Waals surface area contributed by atoms with Crippen LogP contribution in [0.3, 0.4) is 0 Å². The van der Waals surface area contributed by atoms with E-state index in [1.54, 1.807) is 6.20 Å². The minimum atomic E-state index is -0.333. The zero-order valence-electron chi connectivity index (χ0n) is 10.7. The molecule has 1 aromatic heterocycles. The molecule has 3 nitrogen and oxygen atoms in total. The number of hydrogen-bond acceptors (Lipinski definition) is 3. The number of halogens is 1. The summed E-state index contributed by atoms with van der Waals surface area (Å²) < 4.78 is 19.9. The molecule has 0 aliphatic heterocycles. The Hall–Kier alpha value is -1.68. The molecular formula is C15H17FN2O. The number of pyridine rings is 1. The van der Waals surface area contributed by atoms with Gasteiger partial charge in [0.25, 0.3) is 0 Å². The first kappa shape index (κ1) is 12.4. The van der Waals surface area contributed by atoms with Crippen LogP contribution in [0.2, 0.25) is 0 Å². The summed E-state index contributed by atoms with van der Waals surface area (Å²) in [5, 5.41) is 1.29. The number of rotatable bonds is 2. The minimum Gasteiger partial charge on any atom is -0.490 e. The lowest BCUT2D eigenvalue weighted by atomic mass is 9.93. The molecule has 4 heteroatoms. The smallest absolute Gasteiger partial charge is 0.153 e. The predicted octanol–water partition coefficient (Wildman–Crippen LogP) is 3.02. The van der Waals surface area contributed by atoms with Crippen LogP contribution in [-0.2, 0) is 0 Å². The molecule has 1 aromatic carbocycles. The van der Waals surface area contributed by atoms with Crippen LogP contribution in [0, 0.1) is 5.82 Å². The van der Waals surface area contributed by atoms with E-state index in [4.69, 9.17) is 10.5 Å². The van der Waals surface area contributed by atoms with Gasteiger partial charge in [-0.1, -0.05) is 12.1 Å². The first-order valence-corrected chi connectivity index (χ1v) is 6.68. The molecule has 2 N–H and O–H groups in total. The van der Waals surface area contributed by atoms with E-state index in [2.05, 4.69) is 4.98 Å². The zero-order valence-corrected chi connectivity index (χ0v) is 10.7. The van der Waals surface area contributed by atoms with Gasteiger partial charge in [0.15, 0.2) is 5.82 Å². The van der Waals surface area contributed by atoms with Gasteiger partial charge in [0.1, 0.15) is 5.75 Å². The normalized spacial score (nSPS) is 23.5. The molecular weight excluding hydrogens is 243 g/mol. The summed E-state index contributed by atoms with van der Waals surface area (Å²) >= 11 is 0. The Morgan fingerprint density at radius 1 is 1.16 bits per heavy atom. The van der Waals surface area contributed by atoms with Crippen molar-refractivity contribution < 1.29 is 9.13 Å². The first-order valence-electron chi connectivity index (χ1n) is 6.68. The summed E-state index contributed by atoms with van der Waals surface area (Å²) in [4.78, 5) is 3.86. The van der Waals surface area contributed by atoms with E-state index in [0.29, 0.717) is 11.1 Å². The van der Waals surface area contributed by atoms with Gasteiger partial charge in [-0.15, -0.1) is 0 Å². The summed E-state index contributed by atoms with van der Waals surface area (Å²) in [5.41, 5.74) is 5.88. The minimum absolute atomic E-state index is 0.137. The van der Waals surface area contributed by atoms with Crippen molar-refractivity contribution in [1.82, 2.24) is 4.98 Å². The lowest BCUT2D eigenvalue weighted by molar-refractivity contribution is 0.149. The fourth-order valence-electron chi connectivity index (χ4n) is 2.64. The van der Waals surface area contributed by atoms with E-state index in [-0.39, 0.29) is 18.0 Å². The highest BCUT2D eigenvalue weighted by Crippen LogP contribution is 2.30. The third kappa shape index (κ3) is 2.54. The monoisotopic (exact) mass is 260 g/mol. The molecule has 1 heterocycles. The van der Waals surface area contributed by atoms with Gasteiger partial charge in [0.2, 0.25) is 0 Å². The quantitative estimate of drug-likeness (QED) is 0.903. The molecule has 0 amide bonds. The van der Waals surface area contributed by atoms with Gasteiger partial charge in [-0.3, -0.25) is 4.98 Å². The van der Waals surface area contributed by atoms with Gasteiger partial charge >= 0.3 is 0 Å². The Morgan fingerprint density at radius 2 is 1.95 bits per heavy atom. The molecule has 0 spiro atoms. The predicted molar refractivity (Wildman–Crippen MR) is 72.6 cm³/mol. The van der Waals surface area contributed by atoms with Crippen molar-refractivity contribution in [2.24, 2.45) is 5.73 Å². The largest absolute Gasteiger partial charge is 0.490 e. The number of benzene rings is 1. The number of fused-ring (bicyclic) bond motifs is 1. The molecule has 19 heavy (non-hydrogen) atoms. The van der Waals surface area contributed by atoms with Gasteiger partial charge in [-0.2, -0.15) is 0 Å². The highest BCUT2D eigenvalue weighted by atomic mass is 19.1. The Kier molecular flexibility index (Phi) is 3.34. The van der Waals surface area contributed by atoms with E-state index in [9.17, 15) is 4.39 Å². The molecule has 0 bridgehead atoms. The number of nitrogens with zero attached hydrogens (tertiary/aromatic N) is 1. The summed E-state index contributed by atoms with van der Waals surface area (Å²) in [7, 11) is 0. The molecule has 1 saturated carbocycles. The van der Waals surface area contributed by atoms with Gasteiger partial charge in [-0.25, -0.2) is 4.39 Å². The second kappa shape index (κ2) is 5.13. The van der Waals surface area contributed by atoms with Crippen LogP contribution >= 0.6 is 0 Å². The van der Waals surface area contributed by atoms with Crippen LogP contribution in [0.5, 0.6) is 5.75 Å². The third-order valence-electron chi connectivity index (χ3n) is 3.71. The SMILES string of the molecule is NC1CCC(Oc2cccc3cncc(F)c23)CC1. The van der Waals surface area contributed by atoms with Gasteiger partial charge in [0.05, 0.1) is 17.7 Å². The average molecular weight is 260 g/mol. The molecule has 0 atom stereocenters. The number of ether oxygens (including phenoxy) is 1. The maximum Gasteiger partial charge on any atom is 0.153 e. The van der Waals surface area contributed by atoms with E-state index < -0.39 is 0 Å². The van der Waals surface area contributed by atoms with Crippen LogP contribution < -0.4 is 10.5 Å². The lowest BCUT2D eigenvalue weighted by Crippen LogP contribution is -2.31. The van der Waals surface area contributed by atoms with Gasteiger partial charge < -0.3 is 10.5 Å². The first-order chi connectivity index (χ1) is 9.24.